The van der Waals surface area contributed by atoms with Gasteiger partial charge in [0.2, 0.25) is 16.3 Å². The van der Waals surface area contributed by atoms with Gasteiger partial charge in [-0.15, -0.1) is 0 Å². The molecular formula is C65H63F4N9O15. The van der Waals surface area contributed by atoms with E-state index in [0.29, 0.717) is 6.07 Å². The number of fused-ring (bicyclic) bond motifs is 15. The Morgan fingerprint density at radius 1 is 0.452 bits per heavy atom. The summed E-state index contributed by atoms with van der Waals surface area (Å²) >= 11 is 0. The molecule has 9 heterocycles. The van der Waals surface area contributed by atoms with Gasteiger partial charge in [0, 0.05) is 79.1 Å². The Morgan fingerprint density at radius 3 is 1.05 bits per heavy atom. The SMILES string of the molecule is Cc1ccc(CNC(=O)c2cn3c(c(O)c2=O)C(=O)N2[C@@H]4CC[C@@H](C4)O[C@H]2C3)c(F)c1.Cc1ccc(CNC(=O)c2cn3c(c(O)c2=O)C(=O)N2[C@@H]4CC[C@@H](C4)O[C@H]2C3)c(F)c1.O=C(NCc1ccc(F)cc1F)c1cn2c(c(O)c1=O)C(=O)N1[C@@H]3CC[C@@H](C3)O[C@H]1C2. The largest absolute Gasteiger partial charge is 0.503 e. The number of rotatable bonds is 9. The van der Waals surface area contributed by atoms with Gasteiger partial charge in [0.05, 0.1) is 37.9 Å². The minimum atomic E-state index is -0.989. The molecule has 0 spiro atoms. The quantitative estimate of drug-likeness (QED) is 0.106. The van der Waals surface area contributed by atoms with Gasteiger partial charge in [-0.1, -0.05) is 30.3 Å². The number of nitrogens with zero attached hydrogens (tertiary/aromatic N) is 6. The summed E-state index contributed by atoms with van der Waals surface area (Å²) in [6, 6.07) is 12.3. The summed E-state index contributed by atoms with van der Waals surface area (Å²) in [4.78, 5) is 120. The second kappa shape index (κ2) is 24.4. The molecule has 6 aromatic rings. The minimum Gasteiger partial charge on any atom is -0.503 e. The van der Waals surface area contributed by atoms with Gasteiger partial charge in [-0.2, -0.15) is 0 Å². The van der Waals surface area contributed by atoms with E-state index >= 15 is 0 Å². The van der Waals surface area contributed by atoms with Crippen LogP contribution in [-0.2, 0) is 53.5 Å². The average Bonchev–Trinajstić information content (AvgIpc) is 1.70. The number of benzene rings is 3. The first-order valence-electron chi connectivity index (χ1n) is 30.6. The smallest absolute Gasteiger partial charge is 0.276 e. The van der Waals surface area contributed by atoms with Crippen LogP contribution in [0, 0.1) is 37.1 Å². The Kier molecular flexibility index (Phi) is 16.3. The van der Waals surface area contributed by atoms with Crippen molar-refractivity contribution in [1.82, 2.24) is 44.4 Å². The predicted octanol–water partition coefficient (Wildman–Crippen LogP) is 4.82. The molecule has 28 heteroatoms. The molecular weight excluding hydrogens is 1220 g/mol. The summed E-state index contributed by atoms with van der Waals surface area (Å²) in [5, 5.41) is 38.9. The first-order valence-corrected chi connectivity index (χ1v) is 30.6. The van der Waals surface area contributed by atoms with Gasteiger partial charge in [-0.25, -0.2) is 17.6 Å². The number of nitrogens with one attached hydrogen (secondary N) is 3. The van der Waals surface area contributed by atoms with Gasteiger partial charge >= 0.3 is 0 Å². The molecule has 6 amide bonds. The normalized spacial score (nSPS) is 24.0. The second-order valence-electron chi connectivity index (χ2n) is 24.8. The first kappa shape index (κ1) is 62.2. The highest BCUT2D eigenvalue weighted by atomic mass is 19.1. The fourth-order valence-electron chi connectivity index (χ4n) is 14.2. The Balaban J connectivity index is 0.000000127. The second-order valence-corrected chi connectivity index (χ2v) is 24.8. The summed E-state index contributed by atoms with van der Waals surface area (Å²) in [6.45, 7) is 3.61. The van der Waals surface area contributed by atoms with Crippen LogP contribution in [0.5, 0.6) is 17.2 Å². The first-order chi connectivity index (χ1) is 44.5. The van der Waals surface area contributed by atoms with E-state index < -0.39 is 111 Å². The lowest BCUT2D eigenvalue weighted by molar-refractivity contribution is -0.132. The molecule has 3 aromatic heterocycles. The van der Waals surface area contributed by atoms with Gasteiger partial charge in [-0.3, -0.25) is 43.2 Å². The molecule has 9 atom stereocenters. The molecule has 6 bridgehead atoms. The van der Waals surface area contributed by atoms with Crippen LogP contribution in [0.4, 0.5) is 17.6 Å². The number of hydrogen-bond donors (Lipinski definition) is 6. The number of pyridine rings is 3. The molecule has 15 rings (SSSR count). The van der Waals surface area contributed by atoms with Gasteiger partial charge < -0.3 is 73.9 Å². The molecule has 93 heavy (non-hydrogen) atoms. The van der Waals surface area contributed by atoms with Crippen molar-refractivity contribution in [1.29, 1.82) is 0 Å². The summed E-state index contributed by atoms with van der Waals surface area (Å²) < 4.78 is 77.0. The Hall–Kier alpha value is -9.67. The number of carbonyl (C=O) groups excluding carboxylic acids is 6. The van der Waals surface area contributed by atoms with E-state index in [2.05, 4.69) is 16.0 Å². The number of aryl methyl sites for hydroxylation is 2. The van der Waals surface area contributed by atoms with Crippen LogP contribution in [0.25, 0.3) is 0 Å². The van der Waals surface area contributed by atoms with Crippen LogP contribution in [0.3, 0.4) is 0 Å². The molecule has 0 unspecified atom stereocenters. The van der Waals surface area contributed by atoms with Crippen LogP contribution in [0.15, 0.2) is 87.6 Å². The summed E-state index contributed by atoms with van der Waals surface area (Å²) in [5.41, 5.74) is -2.19. The lowest BCUT2D eigenvalue weighted by Gasteiger charge is -2.44. The maximum Gasteiger partial charge on any atom is 0.276 e. The van der Waals surface area contributed by atoms with Crippen molar-refractivity contribution < 1.29 is 75.9 Å². The van der Waals surface area contributed by atoms with Crippen LogP contribution >= 0.6 is 0 Å². The van der Waals surface area contributed by atoms with Crippen molar-refractivity contribution >= 4 is 35.4 Å². The number of amides is 6. The van der Waals surface area contributed by atoms with Crippen molar-refractivity contribution in [2.45, 2.75) is 166 Å². The number of hydrogen-bond acceptors (Lipinski definition) is 15. The van der Waals surface area contributed by atoms with E-state index in [1.807, 2.05) is 0 Å². The Morgan fingerprint density at radius 2 is 0.753 bits per heavy atom. The van der Waals surface area contributed by atoms with Crippen molar-refractivity contribution in [3.05, 3.63) is 189 Å². The highest BCUT2D eigenvalue weighted by Gasteiger charge is 2.51. The Labute approximate surface area is 525 Å². The van der Waals surface area contributed by atoms with Gasteiger partial charge in [0.1, 0.15) is 40.0 Å². The lowest BCUT2D eigenvalue weighted by Crippen LogP contribution is -2.57. The zero-order valence-electron chi connectivity index (χ0n) is 50.2. The third-order valence-corrected chi connectivity index (χ3v) is 18.9. The maximum atomic E-state index is 14.0. The van der Waals surface area contributed by atoms with E-state index in [1.165, 1.54) is 50.5 Å². The number of ether oxygens (including phenoxy) is 3. The molecule has 9 aliphatic rings. The highest BCUT2D eigenvalue weighted by Crippen LogP contribution is 2.42. The molecule has 6 aliphatic heterocycles. The Bertz CT molecular complexity index is 3920. The fourth-order valence-corrected chi connectivity index (χ4v) is 14.2. The van der Waals surface area contributed by atoms with E-state index in [0.717, 1.165) is 75.0 Å². The van der Waals surface area contributed by atoms with Crippen LogP contribution in [0.1, 0.15) is 148 Å². The molecule has 3 aliphatic carbocycles. The van der Waals surface area contributed by atoms with Gasteiger partial charge in [0.15, 0.2) is 53.0 Å². The zero-order valence-corrected chi connectivity index (χ0v) is 50.2. The maximum absolute atomic E-state index is 14.0. The molecule has 6 N–H and O–H groups in total. The van der Waals surface area contributed by atoms with E-state index in [-0.39, 0.29) is 126 Å². The third kappa shape index (κ3) is 11.5. The number of halogens is 4. The van der Waals surface area contributed by atoms with Gasteiger partial charge in [0.25, 0.3) is 35.4 Å². The molecule has 24 nitrogen and oxygen atoms in total. The standard InChI is InChI=1S/2C22H22FN3O5.C21H19F2N3O5/c2*1-11-2-3-12(16(23)6-11)8-24-21(29)15-9-25-10-17-26(13-4-5-14(7-13)31-17)22(30)18(25)20(28)19(15)27;22-11-2-1-10(15(23)5-11)7-24-20(29)14-8-25-9-16-26(12-3-4-13(6-12)31-16)21(30)17(25)19(28)18(14)27/h2*2-3,6,9,13-14,17,28H,4-5,7-8,10H2,1H3,(H,24,29);1-2,5,8,12-13,16,28H,3-4,6-7,9H2,(H,24,29)/t2*13-,14+,17+;12-,13+,16+/m111/s1. The van der Waals surface area contributed by atoms with Gasteiger partial charge in [-0.05, 0) is 101 Å². The van der Waals surface area contributed by atoms with E-state index in [9.17, 15) is 76.0 Å². The zero-order chi connectivity index (χ0) is 65.6. The van der Waals surface area contributed by atoms with Crippen LogP contribution < -0.4 is 32.2 Å². The minimum absolute atomic E-state index is 0.00748. The number of aromatic nitrogens is 3. The van der Waals surface area contributed by atoms with Crippen LogP contribution in [-0.4, -0.2) is 134 Å². The van der Waals surface area contributed by atoms with Crippen molar-refractivity contribution in [2.24, 2.45) is 0 Å². The molecule has 3 saturated carbocycles. The van der Waals surface area contributed by atoms with Crippen molar-refractivity contribution in [3.63, 3.8) is 0 Å². The topological polar surface area (TPSA) is 303 Å². The monoisotopic (exact) mass is 1290 g/mol. The highest BCUT2D eigenvalue weighted by molar-refractivity contribution is 6.01. The molecule has 486 valence electrons. The average molecular weight is 1290 g/mol. The number of carbonyl (C=O) groups is 6. The third-order valence-electron chi connectivity index (χ3n) is 18.9. The van der Waals surface area contributed by atoms with E-state index in [1.54, 1.807) is 52.8 Å². The molecule has 3 saturated heterocycles. The fraction of sp³-hybridized carbons (Fsp3) is 0.400. The lowest BCUT2D eigenvalue weighted by atomic mass is 10.1. The summed E-state index contributed by atoms with van der Waals surface area (Å²) in [6.07, 6.45) is 9.78. The number of aromatic hydroxyl groups is 3. The molecule has 3 aromatic carbocycles. The molecule has 6 fully saturated rings. The van der Waals surface area contributed by atoms with E-state index in [4.69, 9.17) is 14.2 Å². The predicted molar refractivity (Wildman–Crippen MR) is 317 cm³/mol. The van der Waals surface area contributed by atoms with Crippen molar-refractivity contribution in [3.8, 4) is 17.2 Å². The summed E-state index contributed by atoms with van der Waals surface area (Å²) in [5.74, 6) is -8.60. The molecule has 0 radical (unpaired) electrons. The summed E-state index contributed by atoms with van der Waals surface area (Å²) in [7, 11) is 0. The van der Waals surface area contributed by atoms with Crippen molar-refractivity contribution in [2.75, 3.05) is 0 Å². The van der Waals surface area contributed by atoms with Crippen LogP contribution in [0.2, 0.25) is 0 Å².